The van der Waals surface area contributed by atoms with Crippen molar-refractivity contribution in [1.82, 2.24) is 14.8 Å². The molecule has 0 N–H and O–H groups in total. The molecule has 1 fully saturated rings. The second-order valence-corrected chi connectivity index (χ2v) is 7.76. The average Bonchev–Trinajstić information content (AvgIpc) is 3.00. The third kappa shape index (κ3) is 3.10. The fourth-order valence-electron chi connectivity index (χ4n) is 2.76. The molecule has 5 nitrogen and oxygen atoms in total. The van der Waals surface area contributed by atoms with Gasteiger partial charge in [0.2, 0.25) is 0 Å². The van der Waals surface area contributed by atoms with Crippen molar-refractivity contribution in [3.8, 4) is 11.4 Å². The van der Waals surface area contributed by atoms with Gasteiger partial charge in [-0.1, -0.05) is 18.2 Å². The first kappa shape index (κ1) is 16.0. The Morgan fingerprint density at radius 3 is 2.57 bits per heavy atom. The predicted molar refractivity (Wildman–Crippen MR) is 77.5 cm³/mol. The summed E-state index contributed by atoms with van der Waals surface area (Å²) in [4.78, 5) is 4.10. The highest BCUT2D eigenvalue weighted by atomic mass is 32.2. The van der Waals surface area contributed by atoms with E-state index in [-0.39, 0.29) is 22.9 Å². The van der Waals surface area contributed by atoms with Gasteiger partial charge in [0, 0.05) is 5.56 Å². The van der Waals surface area contributed by atoms with Crippen LogP contribution in [-0.4, -0.2) is 34.7 Å². The Kier molecular flexibility index (Phi) is 3.70. The van der Waals surface area contributed by atoms with Gasteiger partial charge in [0.15, 0.2) is 15.7 Å². The van der Waals surface area contributed by atoms with Gasteiger partial charge in [-0.25, -0.2) is 18.1 Å². The first-order valence-corrected chi connectivity index (χ1v) is 8.80. The van der Waals surface area contributed by atoms with E-state index in [9.17, 15) is 21.6 Å². The molecule has 0 amide bonds. The van der Waals surface area contributed by atoms with E-state index in [1.54, 1.807) is 6.92 Å². The molecular formula is C14H14F3N3O2S. The third-order valence-corrected chi connectivity index (χ3v) is 5.52. The summed E-state index contributed by atoms with van der Waals surface area (Å²) in [7, 11) is -3.18. The summed E-state index contributed by atoms with van der Waals surface area (Å²) >= 11 is 0. The lowest BCUT2D eigenvalue weighted by molar-refractivity contribution is -0.137. The molecule has 1 aromatic carbocycles. The summed E-state index contributed by atoms with van der Waals surface area (Å²) in [6, 6.07) is 4.61. The van der Waals surface area contributed by atoms with Gasteiger partial charge in [-0.2, -0.15) is 18.3 Å². The number of sulfone groups is 1. The molecule has 1 saturated heterocycles. The smallest absolute Gasteiger partial charge is 0.241 e. The summed E-state index contributed by atoms with van der Waals surface area (Å²) in [5.41, 5.74) is -0.903. The Labute approximate surface area is 131 Å². The summed E-state index contributed by atoms with van der Waals surface area (Å²) in [5.74, 6) is 0.243. The molecule has 0 aliphatic carbocycles. The van der Waals surface area contributed by atoms with Crippen LogP contribution in [0.3, 0.4) is 0 Å². The second kappa shape index (κ2) is 5.33. The largest absolute Gasteiger partial charge is 0.417 e. The Morgan fingerprint density at radius 1 is 1.26 bits per heavy atom. The summed E-state index contributed by atoms with van der Waals surface area (Å²) in [6.07, 6.45) is -4.20. The fourth-order valence-corrected chi connectivity index (χ4v) is 4.45. The molecule has 1 aromatic heterocycles. The first-order chi connectivity index (χ1) is 10.7. The number of hydrogen-bond donors (Lipinski definition) is 0. The van der Waals surface area contributed by atoms with Crippen LogP contribution in [0.15, 0.2) is 24.3 Å². The van der Waals surface area contributed by atoms with Crippen LogP contribution in [-0.2, 0) is 16.0 Å². The molecule has 0 spiro atoms. The van der Waals surface area contributed by atoms with Gasteiger partial charge in [-0.15, -0.1) is 0 Å². The maximum absolute atomic E-state index is 13.2. The number of benzene rings is 1. The molecule has 9 heteroatoms. The molecule has 0 radical (unpaired) electrons. The minimum Gasteiger partial charge on any atom is -0.241 e. The monoisotopic (exact) mass is 345 g/mol. The Balaban J connectivity index is 2.13. The van der Waals surface area contributed by atoms with E-state index in [0.717, 1.165) is 6.07 Å². The van der Waals surface area contributed by atoms with E-state index < -0.39 is 27.6 Å². The van der Waals surface area contributed by atoms with E-state index in [4.69, 9.17) is 0 Å². The van der Waals surface area contributed by atoms with Gasteiger partial charge in [-0.05, 0) is 19.4 Å². The quantitative estimate of drug-likeness (QED) is 0.839. The summed E-state index contributed by atoms with van der Waals surface area (Å²) in [6.45, 7) is 1.57. The lowest BCUT2D eigenvalue weighted by Crippen LogP contribution is -2.15. The minimum atomic E-state index is -4.52. The van der Waals surface area contributed by atoms with E-state index in [2.05, 4.69) is 10.1 Å². The maximum Gasteiger partial charge on any atom is 0.417 e. The van der Waals surface area contributed by atoms with Crippen molar-refractivity contribution in [2.75, 3.05) is 11.5 Å². The van der Waals surface area contributed by atoms with Crippen LogP contribution in [0.2, 0.25) is 0 Å². The zero-order valence-electron chi connectivity index (χ0n) is 12.2. The van der Waals surface area contributed by atoms with Crippen LogP contribution in [0.25, 0.3) is 11.4 Å². The molecule has 1 atom stereocenters. The average molecular weight is 345 g/mol. The van der Waals surface area contributed by atoms with Crippen molar-refractivity contribution in [3.63, 3.8) is 0 Å². The highest BCUT2D eigenvalue weighted by Gasteiger charge is 2.37. The van der Waals surface area contributed by atoms with Gasteiger partial charge < -0.3 is 0 Å². The summed E-state index contributed by atoms with van der Waals surface area (Å²) < 4.78 is 64.3. The topological polar surface area (TPSA) is 64.8 Å². The van der Waals surface area contributed by atoms with Crippen LogP contribution in [0.5, 0.6) is 0 Å². The predicted octanol–water partition coefficient (Wildman–Crippen LogP) is 2.63. The number of aromatic nitrogens is 3. The molecule has 0 bridgehead atoms. The number of aryl methyl sites for hydroxylation is 1. The standard InChI is InChI=1S/C14H14F3N3O2S/c1-9-18-13(11-4-2-3-5-12(11)14(15,16)17)20(19-9)10-6-7-23(21,22)8-10/h2-5,10H,6-8H2,1H3. The van der Waals surface area contributed by atoms with E-state index in [1.807, 2.05) is 0 Å². The molecular weight excluding hydrogens is 331 g/mol. The maximum atomic E-state index is 13.2. The van der Waals surface area contributed by atoms with Crippen LogP contribution in [0, 0.1) is 6.92 Å². The SMILES string of the molecule is Cc1nc(-c2ccccc2C(F)(F)F)n(C2CCS(=O)(=O)C2)n1. The number of rotatable bonds is 2. The number of hydrogen-bond acceptors (Lipinski definition) is 4. The highest BCUT2D eigenvalue weighted by molar-refractivity contribution is 7.91. The van der Waals surface area contributed by atoms with Crippen LogP contribution in [0.1, 0.15) is 23.9 Å². The first-order valence-electron chi connectivity index (χ1n) is 6.97. The molecule has 1 aliphatic rings. The van der Waals surface area contributed by atoms with E-state index >= 15 is 0 Å². The minimum absolute atomic E-state index is 0.0108. The van der Waals surface area contributed by atoms with Gasteiger partial charge in [0.1, 0.15) is 5.82 Å². The van der Waals surface area contributed by atoms with Crippen molar-refractivity contribution in [2.45, 2.75) is 25.6 Å². The van der Waals surface area contributed by atoms with E-state index in [0.29, 0.717) is 12.2 Å². The number of nitrogens with zero attached hydrogens (tertiary/aromatic N) is 3. The van der Waals surface area contributed by atoms with Gasteiger partial charge in [0.05, 0.1) is 23.1 Å². The number of halogens is 3. The van der Waals surface area contributed by atoms with Gasteiger partial charge >= 0.3 is 6.18 Å². The van der Waals surface area contributed by atoms with Crippen molar-refractivity contribution in [3.05, 3.63) is 35.7 Å². The zero-order valence-corrected chi connectivity index (χ0v) is 13.0. The van der Waals surface area contributed by atoms with Crippen molar-refractivity contribution in [2.24, 2.45) is 0 Å². The molecule has 1 aliphatic heterocycles. The Morgan fingerprint density at radius 2 is 1.96 bits per heavy atom. The third-order valence-electron chi connectivity index (χ3n) is 3.76. The van der Waals surface area contributed by atoms with Gasteiger partial charge in [-0.3, -0.25) is 0 Å². The van der Waals surface area contributed by atoms with Crippen molar-refractivity contribution < 1.29 is 21.6 Å². The molecule has 0 saturated carbocycles. The fraction of sp³-hybridized carbons (Fsp3) is 0.429. The van der Waals surface area contributed by atoms with Crippen LogP contribution < -0.4 is 0 Å². The highest BCUT2D eigenvalue weighted by Crippen LogP contribution is 2.37. The number of alkyl halides is 3. The second-order valence-electron chi connectivity index (χ2n) is 5.53. The molecule has 2 heterocycles. The lowest BCUT2D eigenvalue weighted by Gasteiger charge is -2.15. The van der Waals surface area contributed by atoms with Crippen molar-refractivity contribution in [1.29, 1.82) is 0 Å². The molecule has 23 heavy (non-hydrogen) atoms. The van der Waals surface area contributed by atoms with E-state index in [1.165, 1.54) is 22.9 Å². The Hall–Kier alpha value is -1.90. The summed E-state index contributed by atoms with van der Waals surface area (Å²) in [5, 5.41) is 4.13. The van der Waals surface area contributed by atoms with Crippen LogP contribution >= 0.6 is 0 Å². The van der Waals surface area contributed by atoms with Crippen molar-refractivity contribution >= 4 is 9.84 Å². The lowest BCUT2D eigenvalue weighted by atomic mass is 10.1. The van der Waals surface area contributed by atoms with Gasteiger partial charge in [0.25, 0.3) is 0 Å². The molecule has 1 unspecified atom stereocenters. The normalized spacial score (nSPS) is 20.8. The molecule has 3 rings (SSSR count). The molecule has 124 valence electrons. The Bertz CT molecular complexity index is 843. The molecule has 2 aromatic rings. The van der Waals surface area contributed by atoms with Crippen LogP contribution in [0.4, 0.5) is 13.2 Å². The zero-order chi connectivity index (χ0) is 16.8.